The second-order valence-corrected chi connectivity index (χ2v) is 7.22. The first kappa shape index (κ1) is 20.1. The summed E-state index contributed by atoms with van der Waals surface area (Å²) in [6.07, 6.45) is 0.211. The number of amides is 3. The first-order chi connectivity index (χ1) is 13.9. The van der Waals surface area contributed by atoms with Crippen molar-refractivity contribution in [2.45, 2.75) is 26.3 Å². The molecule has 0 aromatic heterocycles. The zero-order valence-electron chi connectivity index (χ0n) is 16.3. The fraction of sp³-hybridized carbons (Fsp3) is 0.273. The van der Waals surface area contributed by atoms with Crippen molar-refractivity contribution >= 4 is 29.1 Å². The molecule has 1 aliphatic rings. The SMILES string of the molecule is CC(C)N1CC(C(=O)Nc2ccc(C(=O)Nc3ccccc3C#N)cc2)CC1=O. The Morgan fingerprint density at radius 2 is 1.79 bits per heavy atom. The van der Waals surface area contributed by atoms with Crippen molar-refractivity contribution < 1.29 is 14.4 Å². The highest BCUT2D eigenvalue weighted by Crippen LogP contribution is 2.22. The van der Waals surface area contributed by atoms with Gasteiger partial charge in [0.2, 0.25) is 11.8 Å². The van der Waals surface area contributed by atoms with Crippen molar-refractivity contribution in [2.24, 2.45) is 5.92 Å². The largest absolute Gasteiger partial charge is 0.339 e. The first-order valence-electron chi connectivity index (χ1n) is 9.40. The van der Waals surface area contributed by atoms with Gasteiger partial charge in [-0.25, -0.2) is 0 Å². The van der Waals surface area contributed by atoms with Gasteiger partial charge in [-0.15, -0.1) is 0 Å². The zero-order valence-corrected chi connectivity index (χ0v) is 16.3. The van der Waals surface area contributed by atoms with E-state index in [1.165, 1.54) is 0 Å². The summed E-state index contributed by atoms with van der Waals surface area (Å²) in [5, 5.41) is 14.6. The van der Waals surface area contributed by atoms with Crippen LogP contribution in [0.15, 0.2) is 48.5 Å². The molecule has 0 aliphatic carbocycles. The number of hydrogen-bond donors (Lipinski definition) is 2. The molecule has 0 bridgehead atoms. The molecule has 1 unspecified atom stereocenters. The lowest BCUT2D eigenvalue weighted by molar-refractivity contribution is -0.129. The number of rotatable bonds is 5. The molecule has 7 nitrogen and oxygen atoms in total. The van der Waals surface area contributed by atoms with Crippen LogP contribution in [0.25, 0.3) is 0 Å². The van der Waals surface area contributed by atoms with E-state index in [1.54, 1.807) is 53.4 Å². The number of para-hydroxylation sites is 1. The average molecular weight is 390 g/mol. The van der Waals surface area contributed by atoms with Crippen LogP contribution in [-0.2, 0) is 9.59 Å². The van der Waals surface area contributed by atoms with Crippen LogP contribution in [0.1, 0.15) is 36.2 Å². The lowest BCUT2D eigenvalue weighted by Gasteiger charge is -2.20. The van der Waals surface area contributed by atoms with Gasteiger partial charge in [-0.3, -0.25) is 14.4 Å². The van der Waals surface area contributed by atoms with Crippen molar-refractivity contribution in [3.05, 3.63) is 59.7 Å². The molecule has 29 heavy (non-hydrogen) atoms. The van der Waals surface area contributed by atoms with Crippen molar-refractivity contribution in [2.75, 3.05) is 17.2 Å². The van der Waals surface area contributed by atoms with Gasteiger partial charge < -0.3 is 15.5 Å². The summed E-state index contributed by atoms with van der Waals surface area (Å²) >= 11 is 0. The fourth-order valence-corrected chi connectivity index (χ4v) is 3.24. The second-order valence-electron chi connectivity index (χ2n) is 7.22. The van der Waals surface area contributed by atoms with Gasteiger partial charge in [-0.05, 0) is 50.2 Å². The molecule has 7 heteroatoms. The molecule has 2 aromatic rings. The van der Waals surface area contributed by atoms with Crippen LogP contribution in [0.5, 0.6) is 0 Å². The topological polar surface area (TPSA) is 102 Å². The number of nitrogens with one attached hydrogen (secondary N) is 2. The predicted octanol–water partition coefficient (Wildman–Crippen LogP) is 3.01. The number of carbonyl (C=O) groups excluding carboxylic acids is 3. The molecule has 1 fully saturated rings. The van der Waals surface area contributed by atoms with E-state index in [9.17, 15) is 14.4 Å². The molecular weight excluding hydrogens is 368 g/mol. The van der Waals surface area contributed by atoms with Crippen molar-refractivity contribution in [3.8, 4) is 6.07 Å². The number of nitriles is 1. The van der Waals surface area contributed by atoms with E-state index in [4.69, 9.17) is 5.26 Å². The van der Waals surface area contributed by atoms with Gasteiger partial charge >= 0.3 is 0 Å². The predicted molar refractivity (Wildman–Crippen MR) is 109 cm³/mol. The summed E-state index contributed by atoms with van der Waals surface area (Å²) in [5.74, 6) is -0.943. The minimum absolute atomic E-state index is 0.00943. The Bertz CT molecular complexity index is 976. The summed E-state index contributed by atoms with van der Waals surface area (Å²) in [6, 6.07) is 15.3. The number of anilines is 2. The molecule has 2 aromatic carbocycles. The highest BCUT2D eigenvalue weighted by atomic mass is 16.2. The molecular formula is C22H22N4O3. The van der Waals surface area contributed by atoms with E-state index >= 15 is 0 Å². The standard InChI is InChI=1S/C22H22N4O3/c1-14(2)26-13-17(11-20(26)27)22(29)24-18-9-7-15(8-10-18)21(28)25-19-6-4-3-5-16(19)12-23/h3-10,14,17H,11,13H2,1-2H3,(H,24,29)(H,25,28). The molecule has 3 rings (SSSR count). The Morgan fingerprint density at radius 1 is 1.10 bits per heavy atom. The third-order valence-corrected chi connectivity index (χ3v) is 4.86. The lowest BCUT2D eigenvalue weighted by atomic mass is 10.1. The summed E-state index contributed by atoms with van der Waals surface area (Å²) in [5.41, 5.74) is 1.78. The van der Waals surface area contributed by atoms with E-state index in [0.717, 1.165) is 0 Å². The monoisotopic (exact) mass is 390 g/mol. The fourth-order valence-electron chi connectivity index (χ4n) is 3.24. The quantitative estimate of drug-likeness (QED) is 0.819. The molecule has 0 saturated carbocycles. The summed E-state index contributed by atoms with van der Waals surface area (Å²) in [6.45, 7) is 4.27. The van der Waals surface area contributed by atoms with Gasteiger partial charge in [-0.1, -0.05) is 12.1 Å². The molecule has 0 radical (unpaired) electrons. The van der Waals surface area contributed by atoms with Crippen LogP contribution in [-0.4, -0.2) is 35.2 Å². The Labute approximate surface area is 169 Å². The molecule has 1 atom stereocenters. The maximum absolute atomic E-state index is 12.5. The van der Waals surface area contributed by atoms with Gasteiger partial charge in [0.25, 0.3) is 5.91 Å². The maximum Gasteiger partial charge on any atom is 0.255 e. The Balaban J connectivity index is 1.62. The van der Waals surface area contributed by atoms with Crippen molar-refractivity contribution in [3.63, 3.8) is 0 Å². The molecule has 0 spiro atoms. The van der Waals surface area contributed by atoms with Crippen LogP contribution >= 0.6 is 0 Å². The van der Waals surface area contributed by atoms with Crippen LogP contribution in [0.2, 0.25) is 0 Å². The molecule has 3 amide bonds. The molecule has 1 heterocycles. The first-order valence-corrected chi connectivity index (χ1v) is 9.40. The van der Waals surface area contributed by atoms with Gasteiger partial charge in [-0.2, -0.15) is 5.26 Å². The number of benzene rings is 2. The minimum Gasteiger partial charge on any atom is -0.339 e. The Hall–Kier alpha value is -3.66. The summed E-state index contributed by atoms with van der Waals surface area (Å²) in [4.78, 5) is 38.6. The van der Waals surface area contributed by atoms with E-state index in [0.29, 0.717) is 29.0 Å². The number of nitrogens with zero attached hydrogens (tertiary/aromatic N) is 2. The lowest BCUT2D eigenvalue weighted by Crippen LogP contribution is -2.33. The van der Waals surface area contributed by atoms with Gasteiger partial charge in [0.05, 0.1) is 17.2 Å². The van der Waals surface area contributed by atoms with Crippen LogP contribution in [0, 0.1) is 17.2 Å². The van der Waals surface area contributed by atoms with Crippen molar-refractivity contribution in [1.82, 2.24) is 4.90 Å². The van der Waals surface area contributed by atoms with E-state index < -0.39 is 0 Å². The molecule has 2 N–H and O–H groups in total. The highest BCUT2D eigenvalue weighted by Gasteiger charge is 2.35. The maximum atomic E-state index is 12.5. The van der Waals surface area contributed by atoms with Crippen LogP contribution < -0.4 is 10.6 Å². The molecule has 1 aliphatic heterocycles. The smallest absolute Gasteiger partial charge is 0.255 e. The minimum atomic E-state index is -0.379. The summed E-state index contributed by atoms with van der Waals surface area (Å²) < 4.78 is 0. The number of carbonyl (C=O) groups is 3. The van der Waals surface area contributed by atoms with Crippen molar-refractivity contribution in [1.29, 1.82) is 5.26 Å². The van der Waals surface area contributed by atoms with Crippen LogP contribution in [0.3, 0.4) is 0 Å². The zero-order chi connectivity index (χ0) is 21.0. The van der Waals surface area contributed by atoms with Gasteiger partial charge in [0.1, 0.15) is 6.07 Å². The number of hydrogen-bond acceptors (Lipinski definition) is 4. The third kappa shape index (κ3) is 4.61. The number of likely N-dealkylation sites (tertiary alicyclic amines) is 1. The van der Waals surface area contributed by atoms with Crippen LogP contribution in [0.4, 0.5) is 11.4 Å². The van der Waals surface area contributed by atoms with E-state index in [1.807, 2.05) is 19.9 Å². The molecule has 148 valence electrons. The van der Waals surface area contributed by atoms with E-state index in [-0.39, 0.29) is 36.1 Å². The Kier molecular flexibility index (Phi) is 5.93. The van der Waals surface area contributed by atoms with Gasteiger partial charge in [0.15, 0.2) is 0 Å². The highest BCUT2D eigenvalue weighted by molar-refractivity contribution is 6.05. The molecule has 1 saturated heterocycles. The normalized spacial score (nSPS) is 15.9. The van der Waals surface area contributed by atoms with Gasteiger partial charge in [0, 0.05) is 30.3 Å². The average Bonchev–Trinajstić information content (AvgIpc) is 3.11. The summed E-state index contributed by atoms with van der Waals surface area (Å²) in [7, 11) is 0. The second kappa shape index (κ2) is 8.57. The Morgan fingerprint density at radius 3 is 2.41 bits per heavy atom. The third-order valence-electron chi connectivity index (χ3n) is 4.86. The van der Waals surface area contributed by atoms with E-state index in [2.05, 4.69) is 10.6 Å².